The van der Waals surface area contributed by atoms with Gasteiger partial charge in [-0.15, -0.1) is 0 Å². The Morgan fingerprint density at radius 2 is 1.81 bits per heavy atom. The molecule has 1 aromatic heterocycles. The molecule has 2 aromatic carbocycles. The largest absolute Gasteiger partial charge is 0.478 e. The van der Waals surface area contributed by atoms with Gasteiger partial charge in [0.25, 0.3) is 0 Å². The summed E-state index contributed by atoms with van der Waals surface area (Å²) in [6.07, 6.45) is 0. The van der Waals surface area contributed by atoms with Crippen molar-refractivity contribution < 1.29 is 9.90 Å². The molecule has 3 rings (SSSR count). The zero-order valence-electron chi connectivity index (χ0n) is 13.9. The lowest BCUT2D eigenvalue weighted by molar-refractivity contribution is 0.0697. The number of thiocarbonyl (C=S) groups is 1. The molecule has 0 fully saturated rings. The summed E-state index contributed by atoms with van der Waals surface area (Å²) in [5, 5.41) is 17.5. The van der Waals surface area contributed by atoms with Crippen LogP contribution in [0.4, 0.5) is 5.69 Å². The average molecular weight is 364 g/mol. The molecule has 26 heavy (non-hydrogen) atoms. The molecule has 0 unspecified atom stereocenters. The molecule has 0 bridgehead atoms. The van der Waals surface area contributed by atoms with Crippen LogP contribution in [0, 0.1) is 0 Å². The van der Waals surface area contributed by atoms with Crippen LogP contribution in [0.5, 0.6) is 0 Å². The molecule has 0 atom stereocenters. The van der Waals surface area contributed by atoms with E-state index in [0.717, 1.165) is 16.6 Å². The van der Waals surface area contributed by atoms with E-state index in [1.807, 2.05) is 43.3 Å². The summed E-state index contributed by atoms with van der Waals surface area (Å²) in [6.45, 7) is 1.84. The van der Waals surface area contributed by atoms with Gasteiger partial charge in [0, 0.05) is 11.1 Å². The number of aromatic nitrogens is 1. The third-order valence-corrected chi connectivity index (χ3v) is 3.88. The molecule has 0 aliphatic carbocycles. The Bertz CT molecular complexity index is 1000. The highest BCUT2D eigenvalue weighted by atomic mass is 32.1. The fourth-order valence-electron chi connectivity index (χ4n) is 2.31. The lowest BCUT2D eigenvalue weighted by atomic mass is 10.2. The van der Waals surface area contributed by atoms with E-state index in [4.69, 9.17) is 17.3 Å². The quantitative estimate of drug-likeness (QED) is 0.372. The molecular formula is C19H16N4O2S. The van der Waals surface area contributed by atoms with Gasteiger partial charge in [-0.25, -0.2) is 9.78 Å². The van der Waals surface area contributed by atoms with E-state index in [2.05, 4.69) is 20.8 Å². The van der Waals surface area contributed by atoms with Crippen molar-refractivity contribution in [1.82, 2.24) is 10.4 Å². The van der Waals surface area contributed by atoms with Crippen LogP contribution in [-0.4, -0.2) is 26.9 Å². The minimum atomic E-state index is -0.972. The van der Waals surface area contributed by atoms with Crippen molar-refractivity contribution in [2.75, 3.05) is 5.32 Å². The molecule has 130 valence electrons. The molecule has 0 saturated carbocycles. The number of nitrogens with zero attached hydrogens (tertiary/aromatic N) is 2. The molecule has 0 radical (unpaired) electrons. The number of rotatable bonds is 4. The van der Waals surface area contributed by atoms with E-state index in [-0.39, 0.29) is 5.56 Å². The van der Waals surface area contributed by atoms with Crippen molar-refractivity contribution in [3.05, 3.63) is 71.9 Å². The smallest absolute Gasteiger partial charge is 0.335 e. The third-order valence-electron chi connectivity index (χ3n) is 3.68. The van der Waals surface area contributed by atoms with Crippen molar-refractivity contribution in [2.24, 2.45) is 5.10 Å². The van der Waals surface area contributed by atoms with Gasteiger partial charge in [0.1, 0.15) is 0 Å². The number of aromatic carboxylic acids is 1. The number of para-hydroxylation sites is 1. The first kappa shape index (κ1) is 17.5. The van der Waals surface area contributed by atoms with Crippen LogP contribution < -0.4 is 10.7 Å². The van der Waals surface area contributed by atoms with Crippen LogP contribution in [-0.2, 0) is 0 Å². The Kier molecular flexibility index (Phi) is 5.19. The first-order valence-corrected chi connectivity index (χ1v) is 8.24. The van der Waals surface area contributed by atoms with Gasteiger partial charge in [0.05, 0.1) is 22.5 Å². The lowest BCUT2D eigenvalue weighted by Crippen LogP contribution is -2.25. The number of carboxylic acid groups (broad SMARTS) is 1. The molecule has 0 aliphatic rings. The molecule has 7 heteroatoms. The first-order valence-electron chi connectivity index (χ1n) is 7.84. The highest BCUT2D eigenvalue weighted by Gasteiger charge is 2.04. The fourth-order valence-corrected chi connectivity index (χ4v) is 2.48. The number of carboxylic acids is 1. The van der Waals surface area contributed by atoms with Crippen molar-refractivity contribution in [3.8, 4) is 0 Å². The number of anilines is 1. The number of hydrogen-bond donors (Lipinski definition) is 3. The van der Waals surface area contributed by atoms with E-state index in [1.165, 1.54) is 12.1 Å². The van der Waals surface area contributed by atoms with Crippen molar-refractivity contribution in [2.45, 2.75) is 6.92 Å². The maximum Gasteiger partial charge on any atom is 0.335 e. The zero-order chi connectivity index (χ0) is 18.5. The van der Waals surface area contributed by atoms with Crippen LogP contribution in [0.3, 0.4) is 0 Å². The highest BCUT2D eigenvalue weighted by Crippen LogP contribution is 2.12. The van der Waals surface area contributed by atoms with E-state index < -0.39 is 5.97 Å². The molecule has 0 saturated heterocycles. The Hall–Kier alpha value is -3.32. The summed E-state index contributed by atoms with van der Waals surface area (Å²) < 4.78 is 0. The van der Waals surface area contributed by atoms with Gasteiger partial charge in [-0.2, -0.15) is 5.10 Å². The van der Waals surface area contributed by atoms with E-state index in [1.54, 1.807) is 12.1 Å². The minimum absolute atomic E-state index is 0.214. The van der Waals surface area contributed by atoms with E-state index in [0.29, 0.717) is 16.5 Å². The molecule has 0 amide bonds. The number of carbonyl (C=O) groups is 1. The van der Waals surface area contributed by atoms with Crippen LogP contribution in [0.2, 0.25) is 0 Å². The second-order valence-electron chi connectivity index (χ2n) is 5.53. The molecule has 3 N–H and O–H groups in total. The molecule has 3 aromatic rings. The summed E-state index contributed by atoms with van der Waals surface area (Å²) >= 11 is 5.20. The van der Waals surface area contributed by atoms with E-state index >= 15 is 0 Å². The fraction of sp³-hybridized carbons (Fsp3) is 0.0526. The monoisotopic (exact) mass is 364 g/mol. The standard InChI is InChI=1S/C19H16N4O2S/c1-12(16-11-8-13-4-2-3-5-17(13)21-16)22-23-19(26)20-15-9-6-14(7-10-15)18(24)25/h2-11H,1H3,(H,24,25)(H2,20,23,26)/b22-12+. The number of benzene rings is 2. The van der Waals surface area contributed by atoms with Gasteiger partial charge in [-0.3, -0.25) is 5.43 Å². The molecular weight excluding hydrogens is 348 g/mol. The van der Waals surface area contributed by atoms with Gasteiger partial charge < -0.3 is 10.4 Å². The first-order chi connectivity index (χ1) is 12.5. The molecule has 0 aliphatic heterocycles. The average Bonchev–Trinajstić information content (AvgIpc) is 2.66. The van der Waals surface area contributed by atoms with Crippen LogP contribution in [0.1, 0.15) is 23.0 Å². The highest BCUT2D eigenvalue weighted by molar-refractivity contribution is 7.80. The SMILES string of the molecule is C/C(=N\NC(=S)Nc1ccc(C(=O)O)cc1)c1ccc2ccccc2n1. The second kappa shape index (κ2) is 7.71. The normalized spacial score (nSPS) is 11.2. The topological polar surface area (TPSA) is 86.6 Å². The van der Waals surface area contributed by atoms with E-state index in [9.17, 15) is 4.79 Å². The predicted octanol–water partition coefficient (Wildman–Crippen LogP) is 3.64. The summed E-state index contributed by atoms with van der Waals surface area (Å²) in [7, 11) is 0. The Labute approximate surface area is 155 Å². The number of pyridine rings is 1. The van der Waals surface area contributed by atoms with Gasteiger partial charge in [0.2, 0.25) is 0 Å². The minimum Gasteiger partial charge on any atom is -0.478 e. The number of hydrogen-bond acceptors (Lipinski definition) is 4. The molecule has 6 nitrogen and oxygen atoms in total. The van der Waals surface area contributed by atoms with Crippen LogP contribution in [0.25, 0.3) is 10.9 Å². The van der Waals surface area contributed by atoms with Crippen molar-refractivity contribution in [3.63, 3.8) is 0 Å². The Morgan fingerprint density at radius 3 is 2.54 bits per heavy atom. The zero-order valence-corrected chi connectivity index (χ0v) is 14.7. The second-order valence-corrected chi connectivity index (χ2v) is 5.94. The summed E-state index contributed by atoms with van der Waals surface area (Å²) in [5.41, 5.74) is 6.00. The molecule has 0 spiro atoms. The van der Waals surface area contributed by atoms with Gasteiger partial charge in [-0.1, -0.05) is 24.3 Å². The maximum absolute atomic E-state index is 10.8. The molecule has 1 heterocycles. The Balaban J connectivity index is 1.65. The lowest BCUT2D eigenvalue weighted by Gasteiger charge is -2.08. The van der Waals surface area contributed by atoms with Gasteiger partial charge in [-0.05, 0) is 55.5 Å². The summed E-state index contributed by atoms with van der Waals surface area (Å²) in [5.74, 6) is -0.972. The van der Waals surface area contributed by atoms with Gasteiger partial charge in [0.15, 0.2) is 5.11 Å². The van der Waals surface area contributed by atoms with Crippen molar-refractivity contribution in [1.29, 1.82) is 0 Å². The van der Waals surface area contributed by atoms with Crippen molar-refractivity contribution >= 4 is 45.6 Å². The maximum atomic E-state index is 10.8. The number of fused-ring (bicyclic) bond motifs is 1. The predicted molar refractivity (Wildman–Crippen MR) is 107 cm³/mol. The van der Waals surface area contributed by atoms with Crippen LogP contribution in [0.15, 0.2) is 65.8 Å². The van der Waals surface area contributed by atoms with Crippen LogP contribution >= 0.6 is 12.2 Å². The summed E-state index contributed by atoms with van der Waals surface area (Å²) in [6, 6.07) is 18.1. The summed E-state index contributed by atoms with van der Waals surface area (Å²) in [4.78, 5) is 15.4. The third kappa shape index (κ3) is 4.20. The van der Waals surface area contributed by atoms with Gasteiger partial charge >= 0.3 is 5.97 Å². The Morgan fingerprint density at radius 1 is 1.08 bits per heavy atom. The number of nitrogens with one attached hydrogen (secondary N) is 2. The number of hydrazone groups is 1.